The maximum atomic E-state index is 9.45. The average molecular weight is 258 g/mol. The molecule has 3 nitrogen and oxygen atoms in total. The summed E-state index contributed by atoms with van der Waals surface area (Å²) in [5.41, 5.74) is 2.24. The standard InChI is InChI=1S/C13H20ClNO2/c1-10-3-4-11(13(14)7-10)8-15-6-5-12(16)9-17-2/h3-4,7,12,15-16H,5-6,8-9H2,1-2H3. The normalized spacial score (nSPS) is 12.7. The van der Waals surface area contributed by atoms with Gasteiger partial charge >= 0.3 is 0 Å². The monoisotopic (exact) mass is 257 g/mol. The fraction of sp³-hybridized carbons (Fsp3) is 0.538. The van der Waals surface area contributed by atoms with Gasteiger partial charge in [0.1, 0.15) is 0 Å². The third kappa shape index (κ3) is 5.50. The van der Waals surface area contributed by atoms with E-state index in [9.17, 15) is 5.11 Å². The van der Waals surface area contributed by atoms with Crippen LogP contribution in [0.3, 0.4) is 0 Å². The van der Waals surface area contributed by atoms with Crippen LogP contribution in [0.1, 0.15) is 17.5 Å². The van der Waals surface area contributed by atoms with E-state index in [1.165, 1.54) is 0 Å². The molecule has 0 aliphatic carbocycles. The van der Waals surface area contributed by atoms with Crippen molar-refractivity contribution in [2.24, 2.45) is 0 Å². The Balaban J connectivity index is 2.26. The minimum atomic E-state index is -0.402. The molecule has 2 N–H and O–H groups in total. The molecule has 1 aromatic rings. The zero-order valence-corrected chi connectivity index (χ0v) is 11.1. The molecule has 1 unspecified atom stereocenters. The Morgan fingerprint density at radius 2 is 2.24 bits per heavy atom. The molecule has 0 fully saturated rings. The number of ether oxygens (including phenoxy) is 1. The SMILES string of the molecule is COCC(O)CCNCc1ccc(C)cc1Cl. The van der Waals surface area contributed by atoms with Gasteiger partial charge < -0.3 is 15.2 Å². The predicted octanol–water partition coefficient (Wildman–Crippen LogP) is 2.14. The fourth-order valence-corrected chi connectivity index (χ4v) is 1.87. The lowest BCUT2D eigenvalue weighted by Gasteiger charge is -2.11. The molecule has 0 saturated carbocycles. The van der Waals surface area contributed by atoms with E-state index < -0.39 is 6.10 Å². The fourth-order valence-electron chi connectivity index (χ4n) is 1.56. The molecule has 0 aliphatic heterocycles. The van der Waals surface area contributed by atoms with Crippen molar-refractivity contribution in [3.63, 3.8) is 0 Å². The van der Waals surface area contributed by atoms with E-state index >= 15 is 0 Å². The van der Waals surface area contributed by atoms with E-state index in [1.54, 1.807) is 7.11 Å². The van der Waals surface area contributed by atoms with E-state index in [1.807, 2.05) is 25.1 Å². The summed E-state index contributed by atoms with van der Waals surface area (Å²) in [5, 5.41) is 13.5. The Morgan fingerprint density at radius 3 is 2.88 bits per heavy atom. The van der Waals surface area contributed by atoms with Crippen molar-refractivity contribution < 1.29 is 9.84 Å². The van der Waals surface area contributed by atoms with Crippen molar-refractivity contribution in [3.05, 3.63) is 34.3 Å². The van der Waals surface area contributed by atoms with Gasteiger partial charge in [0.25, 0.3) is 0 Å². The molecule has 0 aliphatic rings. The van der Waals surface area contributed by atoms with Crippen LogP contribution in [-0.4, -0.2) is 31.5 Å². The van der Waals surface area contributed by atoms with E-state index in [-0.39, 0.29) is 0 Å². The summed E-state index contributed by atoms with van der Waals surface area (Å²) in [7, 11) is 1.59. The van der Waals surface area contributed by atoms with Crippen molar-refractivity contribution in [1.82, 2.24) is 5.32 Å². The van der Waals surface area contributed by atoms with Gasteiger partial charge in [-0.15, -0.1) is 0 Å². The summed E-state index contributed by atoms with van der Waals surface area (Å²) in [6, 6.07) is 6.03. The smallest absolute Gasteiger partial charge is 0.0785 e. The van der Waals surface area contributed by atoms with Gasteiger partial charge in [0, 0.05) is 18.7 Å². The molecule has 17 heavy (non-hydrogen) atoms. The molecular formula is C13H20ClNO2. The van der Waals surface area contributed by atoms with Crippen LogP contribution >= 0.6 is 11.6 Å². The lowest BCUT2D eigenvalue weighted by molar-refractivity contribution is 0.0594. The van der Waals surface area contributed by atoms with Crippen LogP contribution in [0.4, 0.5) is 0 Å². The first-order valence-corrected chi connectivity index (χ1v) is 6.14. The molecule has 1 aromatic carbocycles. The number of aryl methyl sites for hydroxylation is 1. The van der Waals surface area contributed by atoms with Gasteiger partial charge in [-0.05, 0) is 37.1 Å². The molecule has 0 radical (unpaired) electrons. The summed E-state index contributed by atoms with van der Waals surface area (Å²) < 4.78 is 4.85. The van der Waals surface area contributed by atoms with Gasteiger partial charge in [-0.2, -0.15) is 0 Å². The van der Waals surface area contributed by atoms with E-state index in [4.69, 9.17) is 16.3 Å². The number of rotatable bonds is 7. The molecule has 0 heterocycles. The highest BCUT2D eigenvalue weighted by Gasteiger charge is 2.03. The molecule has 0 saturated heterocycles. The highest BCUT2D eigenvalue weighted by atomic mass is 35.5. The van der Waals surface area contributed by atoms with Crippen molar-refractivity contribution >= 4 is 11.6 Å². The van der Waals surface area contributed by atoms with E-state index in [0.717, 1.165) is 29.2 Å². The van der Waals surface area contributed by atoms with Crippen LogP contribution in [0.25, 0.3) is 0 Å². The zero-order chi connectivity index (χ0) is 12.7. The van der Waals surface area contributed by atoms with Gasteiger partial charge in [0.15, 0.2) is 0 Å². The van der Waals surface area contributed by atoms with Gasteiger partial charge in [0.2, 0.25) is 0 Å². The summed E-state index contributed by atoms with van der Waals surface area (Å²) >= 11 is 6.11. The van der Waals surface area contributed by atoms with Gasteiger partial charge in [0.05, 0.1) is 12.7 Å². The highest BCUT2D eigenvalue weighted by Crippen LogP contribution is 2.17. The van der Waals surface area contributed by atoms with Crippen molar-refractivity contribution in [2.45, 2.75) is 26.0 Å². The Labute approximate surface area is 108 Å². The molecule has 4 heteroatoms. The van der Waals surface area contributed by atoms with Crippen LogP contribution in [0.5, 0.6) is 0 Å². The molecule has 0 bridgehead atoms. The Bertz CT molecular complexity index is 344. The second-order valence-corrected chi connectivity index (χ2v) is 4.58. The first kappa shape index (κ1) is 14.5. The summed E-state index contributed by atoms with van der Waals surface area (Å²) in [5.74, 6) is 0. The third-order valence-corrected chi connectivity index (χ3v) is 2.89. The minimum Gasteiger partial charge on any atom is -0.391 e. The first-order valence-electron chi connectivity index (χ1n) is 5.76. The average Bonchev–Trinajstić information content (AvgIpc) is 2.27. The third-order valence-electron chi connectivity index (χ3n) is 2.54. The number of aliphatic hydroxyl groups excluding tert-OH is 1. The van der Waals surface area contributed by atoms with E-state index in [2.05, 4.69) is 5.32 Å². The molecule has 0 amide bonds. The van der Waals surface area contributed by atoms with Crippen LogP contribution in [0.2, 0.25) is 5.02 Å². The number of aliphatic hydroxyl groups is 1. The van der Waals surface area contributed by atoms with Gasteiger partial charge in [-0.1, -0.05) is 23.7 Å². The quantitative estimate of drug-likeness (QED) is 0.736. The molecule has 96 valence electrons. The van der Waals surface area contributed by atoms with Crippen LogP contribution in [0, 0.1) is 6.92 Å². The summed E-state index contributed by atoms with van der Waals surface area (Å²) in [4.78, 5) is 0. The molecular weight excluding hydrogens is 238 g/mol. The zero-order valence-electron chi connectivity index (χ0n) is 10.4. The minimum absolute atomic E-state index is 0.382. The number of nitrogens with one attached hydrogen (secondary N) is 1. The van der Waals surface area contributed by atoms with Crippen molar-refractivity contribution in [2.75, 3.05) is 20.3 Å². The highest BCUT2D eigenvalue weighted by molar-refractivity contribution is 6.31. The largest absolute Gasteiger partial charge is 0.391 e. The molecule has 0 spiro atoms. The number of halogens is 1. The first-order chi connectivity index (χ1) is 8.13. The molecule has 1 atom stereocenters. The topological polar surface area (TPSA) is 41.5 Å². The Kier molecular flexibility index (Phi) is 6.52. The van der Waals surface area contributed by atoms with Crippen LogP contribution < -0.4 is 5.32 Å². The van der Waals surface area contributed by atoms with Gasteiger partial charge in [-0.3, -0.25) is 0 Å². The maximum absolute atomic E-state index is 9.45. The molecule has 1 rings (SSSR count). The van der Waals surface area contributed by atoms with E-state index in [0.29, 0.717) is 13.0 Å². The van der Waals surface area contributed by atoms with Gasteiger partial charge in [-0.25, -0.2) is 0 Å². The van der Waals surface area contributed by atoms with Crippen molar-refractivity contribution in [1.29, 1.82) is 0 Å². The van der Waals surface area contributed by atoms with Crippen LogP contribution in [-0.2, 0) is 11.3 Å². The van der Waals surface area contributed by atoms with Crippen LogP contribution in [0.15, 0.2) is 18.2 Å². The number of methoxy groups -OCH3 is 1. The summed E-state index contributed by atoms with van der Waals surface area (Å²) in [6.07, 6.45) is 0.276. The Morgan fingerprint density at radius 1 is 1.47 bits per heavy atom. The predicted molar refractivity (Wildman–Crippen MR) is 70.4 cm³/mol. The lowest BCUT2D eigenvalue weighted by atomic mass is 10.1. The Hall–Kier alpha value is -0.610. The summed E-state index contributed by atoms with van der Waals surface area (Å²) in [6.45, 7) is 3.87. The number of benzene rings is 1. The second-order valence-electron chi connectivity index (χ2n) is 4.17. The number of hydrogen-bond acceptors (Lipinski definition) is 3. The lowest BCUT2D eigenvalue weighted by Crippen LogP contribution is -2.23. The second kappa shape index (κ2) is 7.67. The van der Waals surface area contributed by atoms with Crippen molar-refractivity contribution in [3.8, 4) is 0 Å². The maximum Gasteiger partial charge on any atom is 0.0785 e. The molecule has 0 aromatic heterocycles. The number of hydrogen-bond donors (Lipinski definition) is 2.